The highest BCUT2D eigenvalue weighted by atomic mass is 16.5. The van der Waals surface area contributed by atoms with Crippen LogP contribution in [0.2, 0.25) is 0 Å². The molecule has 13 heavy (non-hydrogen) atoms. The van der Waals surface area contributed by atoms with Crippen molar-refractivity contribution in [1.29, 1.82) is 0 Å². The topological polar surface area (TPSA) is 21.3 Å². The Bertz CT molecular complexity index is 242. The van der Waals surface area contributed by atoms with Crippen molar-refractivity contribution in [2.45, 2.75) is 18.9 Å². The summed E-state index contributed by atoms with van der Waals surface area (Å²) in [6.07, 6.45) is 2.57. The van der Waals surface area contributed by atoms with Gasteiger partial charge in [0.1, 0.15) is 11.9 Å². The molecule has 1 fully saturated rings. The van der Waals surface area contributed by atoms with Gasteiger partial charge in [-0.05, 0) is 32.0 Å². The third-order valence-electron chi connectivity index (χ3n) is 2.26. The Kier molecular flexibility index (Phi) is 2.82. The van der Waals surface area contributed by atoms with E-state index in [9.17, 15) is 0 Å². The van der Waals surface area contributed by atoms with E-state index in [1.165, 1.54) is 0 Å². The maximum absolute atomic E-state index is 5.76. The molecule has 0 unspecified atom stereocenters. The lowest BCUT2D eigenvalue weighted by atomic mass is 10.1. The van der Waals surface area contributed by atoms with Crippen molar-refractivity contribution < 1.29 is 4.74 Å². The van der Waals surface area contributed by atoms with Crippen LogP contribution in [0.1, 0.15) is 12.8 Å². The molecule has 0 aromatic heterocycles. The molecule has 1 aromatic carbocycles. The summed E-state index contributed by atoms with van der Waals surface area (Å²) in [6, 6.07) is 10.9. The molecule has 1 heterocycles. The molecule has 2 rings (SSSR count). The van der Waals surface area contributed by atoms with Gasteiger partial charge in [-0.3, -0.25) is 0 Å². The van der Waals surface area contributed by atoms with Gasteiger partial charge < -0.3 is 10.1 Å². The first-order valence-electron chi connectivity index (χ1n) is 4.79. The maximum atomic E-state index is 5.76. The molecule has 0 aliphatic carbocycles. The Morgan fingerprint density at radius 1 is 1.31 bits per heavy atom. The van der Waals surface area contributed by atoms with Crippen molar-refractivity contribution in [1.82, 2.24) is 5.32 Å². The second-order valence-corrected chi connectivity index (χ2v) is 3.29. The second-order valence-electron chi connectivity index (χ2n) is 3.29. The molecular weight excluding hydrogens is 162 g/mol. The van der Waals surface area contributed by atoms with Gasteiger partial charge in [0.05, 0.1) is 0 Å². The van der Waals surface area contributed by atoms with Crippen LogP contribution in [0.25, 0.3) is 0 Å². The Balaban J connectivity index is 1.90. The summed E-state index contributed by atoms with van der Waals surface area (Å²) in [5, 5.41) is 3.31. The van der Waals surface area contributed by atoms with E-state index in [1.54, 1.807) is 0 Å². The molecule has 2 heteroatoms. The van der Waals surface area contributed by atoms with Crippen molar-refractivity contribution in [2.75, 3.05) is 13.1 Å². The van der Waals surface area contributed by atoms with E-state index in [2.05, 4.69) is 11.4 Å². The molecule has 0 spiro atoms. The average molecular weight is 176 g/mol. The van der Waals surface area contributed by atoms with E-state index in [4.69, 9.17) is 4.74 Å². The normalized spacial score (nSPS) is 18.5. The minimum atomic E-state index is 0.375. The molecule has 2 nitrogen and oxygen atoms in total. The number of hydrogen-bond acceptors (Lipinski definition) is 2. The predicted octanol–water partition coefficient (Wildman–Crippen LogP) is 1.62. The van der Waals surface area contributed by atoms with Gasteiger partial charge in [0, 0.05) is 6.07 Å². The third-order valence-corrected chi connectivity index (χ3v) is 2.26. The van der Waals surface area contributed by atoms with E-state index in [-0.39, 0.29) is 0 Å². The van der Waals surface area contributed by atoms with Gasteiger partial charge >= 0.3 is 0 Å². The zero-order valence-electron chi connectivity index (χ0n) is 7.62. The van der Waals surface area contributed by atoms with Crippen LogP contribution in [0.5, 0.6) is 5.75 Å². The highest BCUT2D eigenvalue weighted by Gasteiger charge is 2.13. The van der Waals surface area contributed by atoms with Gasteiger partial charge in [-0.25, -0.2) is 0 Å². The van der Waals surface area contributed by atoms with Crippen LogP contribution in [0.15, 0.2) is 24.3 Å². The summed E-state index contributed by atoms with van der Waals surface area (Å²) < 4.78 is 5.76. The predicted molar refractivity (Wildman–Crippen MR) is 51.8 cm³/mol. The number of rotatable bonds is 2. The van der Waals surface area contributed by atoms with E-state index >= 15 is 0 Å². The monoisotopic (exact) mass is 176 g/mol. The molecule has 0 amide bonds. The van der Waals surface area contributed by atoms with Crippen LogP contribution in [0.4, 0.5) is 0 Å². The first kappa shape index (κ1) is 8.57. The van der Waals surface area contributed by atoms with Gasteiger partial charge in [-0.1, -0.05) is 18.2 Å². The van der Waals surface area contributed by atoms with Crippen molar-refractivity contribution in [3.63, 3.8) is 0 Å². The molecule has 0 saturated carbocycles. The first-order chi connectivity index (χ1) is 6.45. The van der Waals surface area contributed by atoms with Crippen LogP contribution in [-0.4, -0.2) is 19.2 Å². The van der Waals surface area contributed by atoms with Gasteiger partial charge in [0.25, 0.3) is 0 Å². The summed E-state index contributed by atoms with van der Waals surface area (Å²) >= 11 is 0. The Morgan fingerprint density at radius 2 is 2.15 bits per heavy atom. The summed E-state index contributed by atoms with van der Waals surface area (Å²) in [6.45, 7) is 2.13. The van der Waals surface area contributed by atoms with E-state index in [1.807, 2.05) is 24.3 Å². The highest BCUT2D eigenvalue weighted by Crippen LogP contribution is 2.14. The number of nitrogens with one attached hydrogen (secondary N) is 1. The SMILES string of the molecule is [c]1ccccc1OC1CCNCC1. The summed E-state index contributed by atoms with van der Waals surface area (Å²) in [4.78, 5) is 0. The van der Waals surface area contributed by atoms with Crippen LogP contribution in [0.3, 0.4) is 0 Å². The second kappa shape index (κ2) is 4.28. The molecule has 69 valence electrons. The van der Waals surface area contributed by atoms with Crippen molar-refractivity contribution >= 4 is 0 Å². The van der Waals surface area contributed by atoms with Gasteiger partial charge in [-0.2, -0.15) is 0 Å². The molecule has 1 radical (unpaired) electrons. The highest BCUT2D eigenvalue weighted by molar-refractivity contribution is 5.19. The van der Waals surface area contributed by atoms with Crippen LogP contribution in [-0.2, 0) is 0 Å². The lowest BCUT2D eigenvalue weighted by Crippen LogP contribution is -2.34. The van der Waals surface area contributed by atoms with E-state index < -0.39 is 0 Å². The number of para-hydroxylation sites is 1. The van der Waals surface area contributed by atoms with E-state index in [0.717, 1.165) is 31.7 Å². The standard InChI is InChI=1S/C11H14NO/c1-2-4-10(5-3-1)13-11-6-8-12-9-7-11/h1-4,11-12H,6-9H2. The van der Waals surface area contributed by atoms with Crippen LogP contribution >= 0.6 is 0 Å². The number of hydrogen-bond donors (Lipinski definition) is 1. The fourth-order valence-corrected chi connectivity index (χ4v) is 1.54. The Morgan fingerprint density at radius 3 is 2.85 bits per heavy atom. The molecule has 0 bridgehead atoms. The van der Waals surface area contributed by atoms with Crippen LogP contribution in [0, 0.1) is 6.07 Å². The average Bonchev–Trinajstić information content (AvgIpc) is 2.21. The first-order valence-corrected chi connectivity index (χ1v) is 4.79. The number of piperidine rings is 1. The molecule has 1 N–H and O–H groups in total. The Labute approximate surface area is 78.9 Å². The smallest absolute Gasteiger partial charge is 0.127 e. The fraction of sp³-hybridized carbons (Fsp3) is 0.455. The van der Waals surface area contributed by atoms with Crippen molar-refractivity contribution in [3.05, 3.63) is 30.3 Å². The Hall–Kier alpha value is -1.02. The number of benzene rings is 1. The maximum Gasteiger partial charge on any atom is 0.127 e. The van der Waals surface area contributed by atoms with Crippen LogP contribution < -0.4 is 10.1 Å². The largest absolute Gasteiger partial charge is 0.490 e. The van der Waals surface area contributed by atoms with Gasteiger partial charge in [0.2, 0.25) is 0 Å². The minimum Gasteiger partial charge on any atom is -0.490 e. The summed E-state index contributed by atoms with van der Waals surface area (Å²) in [7, 11) is 0. The summed E-state index contributed by atoms with van der Waals surface area (Å²) in [5.41, 5.74) is 0. The van der Waals surface area contributed by atoms with Gasteiger partial charge in [0.15, 0.2) is 0 Å². The molecular formula is C11H14NO. The third kappa shape index (κ3) is 2.46. The van der Waals surface area contributed by atoms with Gasteiger partial charge in [-0.15, -0.1) is 0 Å². The lowest BCUT2D eigenvalue weighted by Gasteiger charge is -2.23. The zero-order valence-corrected chi connectivity index (χ0v) is 7.62. The van der Waals surface area contributed by atoms with Crippen molar-refractivity contribution in [2.24, 2.45) is 0 Å². The summed E-state index contributed by atoms with van der Waals surface area (Å²) in [5.74, 6) is 0.870. The zero-order chi connectivity index (χ0) is 8.93. The molecule has 1 saturated heterocycles. The molecule has 1 aliphatic heterocycles. The fourth-order valence-electron chi connectivity index (χ4n) is 1.54. The molecule has 1 aromatic rings. The number of ether oxygens (including phenoxy) is 1. The quantitative estimate of drug-likeness (QED) is 0.739. The lowest BCUT2D eigenvalue weighted by molar-refractivity contribution is 0.162. The minimum absolute atomic E-state index is 0.375. The van der Waals surface area contributed by atoms with E-state index in [0.29, 0.717) is 6.10 Å². The molecule has 0 atom stereocenters. The van der Waals surface area contributed by atoms with Crippen molar-refractivity contribution in [3.8, 4) is 5.75 Å². The molecule has 1 aliphatic rings.